The third kappa shape index (κ3) is 3.40. The fraction of sp³-hybridized carbons (Fsp3) is 0.692. The summed E-state index contributed by atoms with van der Waals surface area (Å²) in [6.45, 7) is 3.21. The summed E-state index contributed by atoms with van der Waals surface area (Å²) in [4.78, 5) is 0. The zero-order valence-electron chi connectivity index (χ0n) is 10.4. The Kier molecular flexibility index (Phi) is 4.31. The Morgan fingerprint density at radius 3 is 2.82 bits per heavy atom. The lowest BCUT2D eigenvalue weighted by Crippen LogP contribution is -2.28. The zero-order valence-corrected chi connectivity index (χ0v) is 10.4. The lowest BCUT2D eigenvalue weighted by atomic mass is 9.79. The number of hydrogen-bond acceptors (Lipinski definition) is 4. The summed E-state index contributed by atoms with van der Waals surface area (Å²) in [5.41, 5.74) is 1.12. The number of nitrogens with one attached hydrogen (secondary N) is 1. The van der Waals surface area contributed by atoms with Gasteiger partial charge in [-0.25, -0.2) is 0 Å². The summed E-state index contributed by atoms with van der Waals surface area (Å²) in [6, 6.07) is 2.00. The van der Waals surface area contributed by atoms with Crippen LogP contribution in [-0.4, -0.2) is 28.5 Å². The predicted molar refractivity (Wildman–Crippen MR) is 67.8 cm³/mol. The molecule has 0 saturated heterocycles. The van der Waals surface area contributed by atoms with Gasteiger partial charge in [0.15, 0.2) is 0 Å². The number of aliphatic hydroxyl groups excluding tert-OH is 1. The van der Waals surface area contributed by atoms with Crippen molar-refractivity contribution in [3.63, 3.8) is 0 Å². The van der Waals surface area contributed by atoms with Gasteiger partial charge in [-0.3, -0.25) is 0 Å². The van der Waals surface area contributed by atoms with E-state index in [0.29, 0.717) is 18.4 Å². The Hall–Kier alpha value is -1.16. The maximum absolute atomic E-state index is 9.35. The number of hydrogen-bond donors (Lipinski definition) is 2. The lowest BCUT2D eigenvalue weighted by Gasteiger charge is -2.30. The number of aryl methyl sites for hydroxylation is 1. The second-order valence-electron chi connectivity index (χ2n) is 4.99. The van der Waals surface area contributed by atoms with Gasteiger partial charge in [0, 0.05) is 13.2 Å². The van der Waals surface area contributed by atoms with Crippen LogP contribution < -0.4 is 5.32 Å². The number of nitrogens with zero attached hydrogens (tertiary/aromatic N) is 2. The molecule has 17 heavy (non-hydrogen) atoms. The second-order valence-corrected chi connectivity index (χ2v) is 4.99. The molecule has 0 aromatic carbocycles. The van der Waals surface area contributed by atoms with Crippen LogP contribution in [0.4, 0.5) is 5.82 Å². The van der Waals surface area contributed by atoms with E-state index in [4.69, 9.17) is 0 Å². The Morgan fingerprint density at radius 1 is 1.35 bits per heavy atom. The lowest BCUT2D eigenvalue weighted by molar-refractivity contribution is 0.141. The molecule has 1 aromatic heterocycles. The first-order valence-electron chi connectivity index (χ1n) is 6.43. The molecule has 0 radical (unpaired) electrons. The van der Waals surface area contributed by atoms with Gasteiger partial charge >= 0.3 is 0 Å². The van der Waals surface area contributed by atoms with E-state index in [-0.39, 0.29) is 0 Å². The van der Waals surface area contributed by atoms with Crippen molar-refractivity contribution in [2.75, 3.05) is 18.5 Å². The highest BCUT2D eigenvalue weighted by Gasteiger charge is 2.24. The molecule has 1 aromatic rings. The Labute approximate surface area is 102 Å². The quantitative estimate of drug-likeness (QED) is 0.838. The molecule has 0 bridgehead atoms. The number of anilines is 1. The molecule has 2 N–H and O–H groups in total. The van der Waals surface area contributed by atoms with E-state index < -0.39 is 0 Å². The normalized spacial score (nSPS) is 24.6. The molecule has 0 aliphatic heterocycles. The van der Waals surface area contributed by atoms with Crippen LogP contribution in [0.2, 0.25) is 0 Å². The van der Waals surface area contributed by atoms with Gasteiger partial charge in [0.25, 0.3) is 0 Å². The minimum absolute atomic E-state index is 0.311. The minimum atomic E-state index is 0.311. The second kappa shape index (κ2) is 5.96. The summed E-state index contributed by atoms with van der Waals surface area (Å²) in [6.07, 6.45) is 6.65. The average Bonchev–Trinajstić information content (AvgIpc) is 2.37. The first-order valence-corrected chi connectivity index (χ1v) is 6.43. The molecule has 1 saturated carbocycles. The molecule has 1 aliphatic rings. The van der Waals surface area contributed by atoms with E-state index >= 15 is 0 Å². The fourth-order valence-corrected chi connectivity index (χ4v) is 2.58. The van der Waals surface area contributed by atoms with Crippen LogP contribution in [0.1, 0.15) is 31.2 Å². The van der Waals surface area contributed by atoms with Gasteiger partial charge in [-0.15, -0.1) is 5.10 Å². The van der Waals surface area contributed by atoms with Gasteiger partial charge in [-0.2, -0.15) is 5.10 Å². The van der Waals surface area contributed by atoms with E-state index in [1.54, 1.807) is 6.20 Å². The van der Waals surface area contributed by atoms with Crippen LogP contribution in [-0.2, 0) is 0 Å². The SMILES string of the molecule is Cc1cnnc(NCC2CCCCC2CO)c1. The summed E-state index contributed by atoms with van der Waals surface area (Å²) in [7, 11) is 0. The topological polar surface area (TPSA) is 58.0 Å². The van der Waals surface area contributed by atoms with Gasteiger partial charge in [0.2, 0.25) is 0 Å². The standard InChI is InChI=1S/C13H21N3O/c1-10-6-13(16-15-7-10)14-8-11-4-2-3-5-12(11)9-17/h6-7,11-12,17H,2-5,8-9H2,1H3,(H,14,16). The van der Waals surface area contributed by atoms with Gasteiger partial charge in [0.05, 0.1) is 6.20 Å². The summed E-state index contributed by atoms with van der Waals surface area (Å²) in [5, 5.41) is 20.7. The highest BCUT2D eigenvalue weighted by molar-refractivity contribution is 5.34. The molecule has 0 spiro atoms. The molecule has 1 fully saturated rings. The molecule has 1 aliphatic carbocycles. The van der Waals surface area contributed by atoms with E-state index in [1.807, 2.05) is 13.0 Å². The number of rotatable bonds is 4. The maximum Gasteiger partial charge on any atom is 0.148 e. The summed E-state index contributed by atoms with van der Waals surface area (Å²) >= 11 is 0. The molecule has 4 heteroatoms. The molecule has 4 nitrogen and oxygen atoms in total. The first kappa shape index (κ1) is 12.3. The van der Waals surface area contributed by atoms with Crippen molar-refractivity contribution in [2.24, 2.45) is 11.8 Å². The molecule has 2 unspecified atom stereocenters. The smallest absolute Gasteiger partial charge is 0.148 e. The molecule has 94 valence electrons. The predicted octanol–water partition coefficient (Wildman–Crippen LogP) is 2.00. The first-order chi connectivity index (χ1) is 8.29. The van der Waals surface area contributed by atoms with Crippen molar-refractivity contribution < 1.29 is 5.11 Å². The van der Waals surface area contributed by atoms with Crippen molar-refractivity contribution in [1.29, 1.82) is 0 Å². The average molecular weight is 235 g/mol. The van der Waals surface area contributed by atoms with Crippen LogP contribution >= 0.6 is 0 Å². The van der Waals surface area contributed by atoms with Gasteiger partial charge in [0.1, 0.15) is 5.82 Å². The van der Waals surface area contributed by atoms with Crippen molar-refractivity contribution in [3.8, 4) is 0 Å². The van der Waals surface area contributed by atoms with E-state index in [9.17, 15) is 5.11 Å². The van der Waals surface area contributed by atoms with E-state index in [0.717, 1.165) is 24.3 Å². The summed E-state index contributed by atoms with van der Waals surface area (Å²) in [5.74, 6) is 1.86. The largest absolute Gasteiger partial charge is 0.396 e. The van der Waals surface area contributed by atoms with Gasteiger partial charge in [-0.1, -0.05) is 12.8 Å². The molecular formula is C13H21N3O. The van der Waals surface area contributed by atoms with Gasteiger partial charge in [-0.05, 0) is 43.2 Å². The molecule has 0 amide bonds. The summed E-state index contributed by atoms with van der Waals surface area (Å²) < 4.78 is 0. The Balaban J connectivity index is 1.88. The van der Waals surface area contributed by atoms with Crippen molar-refractivity contribution in [2.45, 2.75) is 32.6 Å². The van der Waals surface area contributed by atoms with Crippen LogP contribution in [0.3, 0.4) is 0 Å². The van der Waals surface area contributed by atoms with Crippen LogP contribution in [0.15, 0.2) is 12.3 Å². The fourth-order valence-electron chi connectivity index (χ4n) is 2.58. The Bertz CT molecular complexity index is 356. The highest BCUT2D eigenvalue weighted by atomic mass is 16.3. The van der Waals surface area contributed by atoms with E-state index in [2.05, 4.69) is 15.5 Å². The third-order valence-electron chi connectivity index (χ3n) is 3.64. The monoisotopic (exact) mass is 235 g/mol. The third-order valence-corrected chi connectivity index (χ3v) is 3.64. The number of aliphatic hydroxyl groups is 1. The Morgan fingerprint density at radius 2 is 2.12 bits per heavy atom. The molecule has 2 rings (SSSR count). The van der Waals surface area contributed by atoms with Crippen LogP contribution in [0.25, 0.3) is 0 Å². The van der Waals surface area contributed by atoms with Crippen LogP contribution in [0.5, 0.6) is 0 Å². The van der Waals surface area contributed by atoms with Crippen LogP contribution in [0, 0.1) is 18.8 Å². The van der Waals surface area contributed by atoms with E-state index in [1.165, 1.54) is 19.3 Å². The highest BCUT2D eigenvalue weighted by Crippen LogP contribution is 2.29. The molecule has 2 atom stereocenters. The number of aromatic nitrogens is 2. The minimum Gasteiger partial charge on any atom is -0.396 e. The molecular weight excluding hydrogens is 214 g/mol. The van der Waals surface area contributed by atoms with Gasteiger partial charge < -0.3 is 10.4 Å². The van der Waals surface area contributed by atoms with Crippen molar-refractivity contribution in [1.82, 2.24) is 10.2 Å². The van der Waals surface area contributed by atoms with Crippen molar-refractivity contribution >= 4 is 5.82 Å². The van der Waals surface area contributed by atoms with Crippen molar-refractivity contribution in [3.05, 3.63) is 17.8 Å². The molecule has 1 heterocycles. The maximum atomic E-state index is 9.35. The zero-order chi connectivity index (χ0) is 12.1.